The van der Waals surface area contributed by atoms with E-state index in [-0.39, 0.29) is 4.90 Å². The van der Waals surface area contributed by atoms with Crippen molar-refractivity contribution in [2.75, 3.05) is 5.75 Å². The zero-order chi connectivity index (χ0) is 14.8. The highest BCUT2D eigenvalue weighted by atomic mass is 35.5. The first-order chi connectivity index (χ1) is 9.38. The van der Waals surface area contributed by atoms with E-state index >= 15 is 0 Å². The number of Topliss-reactive ketones (excluding diaryl/α,β-unsaturated/α-hetero) is 1. The molecule has 0 heterocycles. The van der Waals surface area contributed by atoms with Crippen molar-refractivity contribution in [1.29, 1.82) is 0 Å². The molecule has 0 aromatic heterocycles. The summed E-state index contributed by atoms with van der Waals surface area (Å²) in [5.74, 6) is -0.985. The smallest absolute Gasteiger partial charge is 0.185 e. The van der Waals surface area contributed by atoms with Gasteiger partial charge in [-0.1, -0.05) is 23.7 Å². The average Bonchev–Trinajstić information content (AvgIpc) is 2.39. The zero-order valence-corrected chi connectivity index (χ0v) is 12.4. The van der Waals surface area contributed by atoms with Crippen LogP contribution in [0, 0.1) is 6.92 Å². The van der Waals surface area contributed by atoms with Crippen LogP contribution >= 0.6 is 11.6 Å². The Balaban J connectivity index is 2.24. The van der Waals surface area contributed by atoms with Crippen LogP contribution in [0.1, 0.15) is 15.9 Å². The number of rotatable bonds is 4. The van der Waals surface area contributed by atoms with E-state index in [0.717, 1.165) is 5.56 Å². The third kappa shape index (κ3) is 3.46. The fraction of sp³-hybridized carbons (Fsp3) is 0.133. The lowest BCUT2D eigenvalue weighted by atomic mass is 10.1. The quantitative estimate of drug-likeness (QED) is 0.814. The molecule has 0 unspecified atom stereocenters. The minimum absolute atomic E-state index is 0.166. The number of carbonyl (C=O) groups excluding carboxylic acids is 1. The molecule has 104 valence electrons. The van der Waals surface area contributed by atoms with E-state index in [9.17, 15) is 13.2 Å². The highest BCUT2D eigenvalue weighted by Gasteiger charge is 2.20. The molecule has 2 rings (SSSR count). The Morgan fingerprint density at radius 3 is 2.35 bits per heavy atom. The molecular weight excluding hydrogens is 296 g/mol. The van der Waals surface area contributed by atoms with Crippen LogP contribution in [0.25, 0.3) is 0 Å². The summed E-state index contributed by atoms with van der Waals surface area (Å²) in [6.45, 7) is 1.81. The molecule has 20 heavy (non-hydrogen) atoms. The van der Waals surface area contributed by atoms with Crippen LogP contribution in [-0.4, -0.2) is 20.0 Å². The van der Waals surface area contributed by atoms with Crippen LogP contribution in [0.2, 0.25) is 5.02 Å². The fourth-order valence-corrected chi connectivity index (χ4v) is 3.24. The van der Waals surface area contributed by atoms with Gasteiger partial charge in [-0.25, -0.2) is 8.42 Å². The summed E-state index contributed by atoms with van der Waals surface area (Å²) in [5, 5.41) is 0.503. The molecule has 0 N–H and O–H groups in total. The van der Waals surface area contributed by atoms with Gasteiger partial charge in [0.05, 0.1) is 4.90 Å². The van der Waals surface area contributed by atoms with E-state index in [2.05, 4.69) is 0 Å². The highest BCUT2D eigenvalue weighted by molar-refractivity contribution is 7.92. The first kappa shape index (κ1) is 14.8. The Morgan fingerprint density at radius 2 is 1.75 bits per heavy atom. The number of hydrogen-bond acceptors (Lipinski definition) is 3. The maximum Gasteiger partial charge on any atom is 0.185 e. The van der Waals surface area contributed by atoms with Crippen LogP contribution < -0.4 is 0 Å². The largest absolute Gasteiger partial charge is 0.293 e. The Labute approximate surface area is 123 Å². The van der Waals surface area contributed by atoms with Gasteiger partial charge in [0.2, 0.25) is 0 Å². The zero-order valence-electron chi connectivity index (χ0n) is 10.8. The van der Waals surface area contributed by atoms with Gasteiger partial charge in [0, 0.05) is 10.6 Å². The van der Waals surface area contributed by atoms with E-state index in [1.165, 1.54) is 18.2 Å². The third-order valence-electron chi connectivity index (χ3n) is 2.84. The molecule has 0 aliphatic rings. The Bertz CT molecular complexity index is 734. The topological polar surface area (TPSA) is 51.2 Å². The van der Waals surface area contributed by atoms with E-state index < -0.39 is 21.4 Å². The van der Waals surface area contributed by atoms with Gasteiger partial charge < -0.3 is 0 Å². The summed E-state index contributed by atoms with van der Waals surface area (Å²) in [6.07, 6.45) is 0. The summed E-state index contributed by atoms with van der Waals surface area (Å²) >= 11 is 5.73. The molecular formula is C15H13ClO3S. The summed E-state index contributed by atoms with van der Waals surface area (Å²) in [4.78, 5) is 12.2. The lowest BCUT2D eigenvalue weighted by Gasteiger charge is -2.05. The fourth-order valence-electron chi connectivity index (χ4n) is 1.78. The number of benzene rings is 2. The Hall–Kier alpha value is -1.65. The lowest BCUT2D eigenvalue weighted by molar-refractivity contribution is 0.102. The molecule has 0 aliphatic carbocycles. The van der Waals surface area contributed by atoms with Crippen LogP contribution in [0.4, 0.5) is 0 Å². The second-order valence-corrected chi connectivity index (χ2v) is 6.93. The molecule has 5 heteroatoms. The molecule has 0 amide bonds. The van der Waals surface area contributed by atoms with Crippen LogP contribution in [-0.2, 0) is 9.84 Å². The SMILES string of the molecule is Cc1cccc(S(=O)(=O)CC(=O)c2ccc(Cl)cc2)c1. The molecule has 0 radical (unpaired) electrons. The summed E-state index contributed by atoms with van der Waals surface area (Å²) in [5.41, 5.74) is 1.18. The normalized spacial score (nSPS) is 11.3. The van der Waals surface area contributed by atoms with Gasteiger partial charge in [-0.05, 0) is 48.9 Å². The number of sulfone groups is 1. The molecule has 2 aromatic rings. The Morgan fingerprint density at radius 1 is 1.10 bits per heavy atom. The molecule has 0 saturated heterocycles. The van der Waals surface area contributed by atoms with Crippen molar-refractivity contribution in [1.82, 2.24) is 0 Å². The first-order valence-corrected chi connectivity index (χ1v) is 8.00. The van der Waals surface area contributed by atoms with E-state index in [4.69, 9.17) is 11.6 Å². The second kappa shape index (κ2) is 5.77. The van der Waals surface area contributed by atoms with Crippen LogP contribution in [0.15, 0.2) is 53.4 Å². The van der Waals surface area contributed by atoms with Crippen LogP contribution in [0.5, 0.6) is 0 Å². The predicted octanol–water partition coefficient (Wildman–Crippen LogP) is 3.31. The third-order valence-corrected chi connectivity index (χ3v) is 4.70. The van der Waals surface area contributed by atoms with E-state index in [1.807, 2.05) is 0 Å². The van der Waals surface area contributed by atoms with Crippen molar-refractivity contribution in [3.05, 3.63) is 64.7 Å². The second-order valence-electron chi connectivity index (χ2n) is 4.51. The minimum atomic E-state index is -3.62. The molecule has 0 fully saturated rings. The van der Waals surface area contributed by atoms with Crippen molar-refractivity contribution in [2.24, 2.45) is 0 Å². The minimum Gasteiger partial charge on any atom is -0.293 e. The molecule has 0 bridgehead atoms. The number of carbonyl (C=O) groups is 1. The van der Waals surface area contributed by atoms with Crippen molar-refractivity contribution in [3.8, 4) is 0 Å². The summed E-state index contributed by atoms with van der Waals surface area (Å²) in [7, 11) is -3.62. The van der Waals surface area contributed by atoms with Crippen molar-refractivity contribution >= 4 is 27.2 Å². The predicted molar refractivity (Wildman–Crippen MR) is 79.0 cm³/mol. The van der Waals surface area contributed by atoms with Gasteiger partial charge in [0.1, 0.15) is 5.75 Å². The average molecular weight is 309 g/mol. The van der Waals surface area contributed by atoms with Gasteiger partial charge in [0.25, 0.3) is 0 Å². The maximum absolute atomic E-state index is 12.2. The first-order valence-electron chi connectivity index (χ1n) is 5.97. The highest BCUT2D eigenvalue weighted by Crippen LogP contribution is 2.16. The maximum atomic E-state index is 12.2. The molecule has 3 nitrogen and oxygen atoms in total. The van der Waals surface area contributed by atoms with Gasteiger partial charge in [-0.2, -0.15) is 0 Å². The number of hydrogen-bond donors (Lipinski definition) is 0. The van der Waals surface area contributed by atoms with E-state index in [0.29, 0.717) is 10.6 Å². The summed E-state index contributed by atoms with van der Waals surface area (Å²) < 4.78 is 24.4. The number of ketones is 1. The van der Waals surface area contributed by atoms with Gasteiger partial charge in [-0.15, -0.1) is 0 Å². The molecule has 2 aromatic carbocycles. The monoisotopic (exact) mass is 308 g/mol. The number of aryl methyl sites for hydroxylation is 1. The lowest BCUT2D eigenvalue weighted by Crippen LogP contribution is -2.16. The Kier molecular flexibility index (Phi) is 4.26. The van der Waals surface area contributed by atoms with Crippen molar-refractivity contribution in [2.45, 2.75) is 11.8 Å². The summed E-state index contributed by atoms with van der Waals surface area (Å²) in [6, 6.07) is 12.7. The molecule has 0 atom stereocenters. The molecule has 0 saturated carbocycles. The van der Waals surface area contributed by atoms with E-state index in [1.54, 1.807) is 37.3 Å². The standard InChI is InChI=1S/C15H13ClO3S/c1-11-3-2-4-14(9-11)20(18,19)10-15(17)12-5-7-13(16)8-6-12/h2-9H,10H2,1H3. The van der Waals surface area contributed by atoms with Gasteiger partial charge in [-0.3, -0.25) is 4.79 Å². The number of halogens is 1. The van der Waals surface area contributed by atoms with Gasteiger partial charge in [0.15, 0.2) is 15.6 Å². The van der Waals surface area contributed by atoms with Crippen molar-refractivity contribution in [3.63, 3.8) is 0 Å². The molecule has 0 spiro atoms. The van der Waals surface area contributed by atoms with Crippen LogP contribution in [0.3, 0.4) is 0 Å². The molecule has 0 aliphatic heterocycles. The van der Waals surface area contributed by atoms with Crippen molar-refractivity contribution < 1.29 is 13.2 Å². The van der Waals surface area contributed by atoms with Gasteiger partial charge >= 0.3 is 0 Å².